The summed E-state index contributed by atoms with van der Waals surface area (Å²) in [6.45, 7) is 10.4. The average Bonchev–Trinajstić information content (AvgIpc) is 2.31. The summed E-state index contributed by atoms with van der Waals surface area (Å²) in [7, 11) is 0. The fourth-order valence-corrected chi connectivity index (χ4v) is 0.932. The third-order valence-electron chi connectivity index (χ3n) is 1.57. The topological polar surface area (TPSA) is 38.1 Å². The van der Waals surface area contributed by atoms with Gasteiger partial charge in [-0.2, -0.15) is 0 Å². The minimum Gasteiger partial charge on any atom is -0.429 e. The molecule has 1 N–H and O–H groups in total. The van der Waals surface area contributed by atoms with E-state index in [1.807, 2.05) is 0 Å². The smallest absolute Gasteiger partial charge is 0.295 e. The van der Waals surface area contributed by atoms with E-state index in [-0.39, 0.29) is 5.54 Å². The fourth-order valence-electron chi connectivity index (χ4n) is 0.932. The average molecular weight is 182 g/mol. The van der Waals surface area contributed by atoms with Crippen LogP contribution in [0.25, 0.3) is 0 Å². The summed E-state index contributed by atoms with van der Waals surface area (Å²) < 4.78 is 5.50. The Morgan fingerprint density at radius 3 is 2.38 bits per heavy atom. The second-order valence-electron chi connectivity index (χ2n) is 4.60. The van der Waals surface area contributed by atoms with Crippen molar-refractivity contribution < 1.29 is 4.42 Å². The van der Waals surface area contributed by atoms with Crippen LogP contribution in [0.3, 0.4) is 0 Å². The highest BCUT2D eigenvalue weighted by molar-refractivity contribution is 5.24. The van der Waals surface area contributed by atoms with E-state index in [1.54, 1.807) is 6.20 Å². The predicted molar refractivity (Wildman–Crippen MR) is 54.0 cm³/mol. The van der Waals surface area contributed by atoms with Crippen molar-refractivity contribution >= 4 is 6.01 Å². The fraction of sp³-hybridized carbons (Fsp3) is 0.700. The van der Waals surface area contributed by atoms with Crippen LogP contribution in [0.1, 0.15) is 46.3 Å². The number of nitrogens with one attached hydrogen (secondary N) is 1. The van der Waals surface area contributed by atoms with Crippen molar-refractivity contribution in [1.29, 1.82) is 0 Å². The Labute approximate surface area is 79.5 Å². The lowest BCUT2D eigenvalue weighted by atomic mass is 10.1. The normalized spacial score (nSPS) is 12.2. The second-order valence-corrected chi connectivity index (χ2v) is 4.60. The van der Waals surface area contributed by atoms with E-state index >= 15 is 0 Å². The van der Waals surface area contributed by atoms with E-state index in [9.17, 15) is 0 Å². The lowest BCUT2D eigenvalue weighted by molar-refractivity contribution is 0.476. The van der Waals surface area contributed by atoms with Gasteiger partial charge >= 0.3 is 0 Å². The van der Waals surface area contributed by atoms with Gasteiger partial charge in [0, 0.05) is 11.5 Å². The van der Waals surface area contributed by atoms with Crippen LogP contribution in [0.5, 0.6) is 0 Å². The standard InChI is InChI=1S/C10H18N2O/c1-7(2)8-6-11-9(13-8)12-10(3,4)5/h6-7H,1-5H3,(H,11,12). The number of nitrogens with zero attached hydrogens (tertiary/aromatic N) is 1. The molecular weight excluding hydrogens is 164 g/mol. The third-order valence-corrected chi connectivity index (χ3v) is 1.57. The van der Waals surface area contributed by atoms with E-state index in [0.29, 0.717) is 11.9 Å². The number of anilines is 1. The van der Waals surface area contributed by atoms with Crippen LogP contribution in [0.15, 0.2) is 10.6 Å². The Morgan fingerprint density at radius 1 is 1.38 bits per heavy atom. The Hall–Kier alpha value is -0.990. The number of hydrogen-bond acceptors (Lipinski definition) is 3. The highest BCUT2D eigenvalue weighted by Crippen LogP contribution is 2.20. The van der Waals surface area contributed by atoms with Crippen molar-refractivity contribution in [1.82, 2.24) is 4.98 Å². The zero-order valence-corrected chi connectivity index (χ0v) is 9.01. The van der Waals surface area contributed by atoms with Gasteiger partial charge in [0.2, 0.25) is 0 Å². The number of aromatic nitrogens is 1. The summed E-state index contributed by atoms with van der Waals surface area (Å²) in [5.41, 5.74) is -0.000890. The summed E-state index contributed by atoms with van der Waals surface area (Å²) in [5, 5.41) is 3.18. The van der Waals surface area contributed by atoms with Gasteiger partial charge in [0.05, 0.1) is 6.20 Å². The van der Waals surface area contributed by atoms with Crippen molar-refractivity contribution in [2.24, 2.45) is 0 Å². The third kappa shape index (κ3) is 3.09. The van der Waals surface area contributed by atoms with Gasteiger partial charge in [-0.15, -0.1) is 0 Å². The van der Waals surface area contributed by atoms with Crippen molar-refractivity contribution in [2.45, 2.75) is 46.1 Å². The lowest BCUT2D eigenvalue weighted by Gasteiger charge is -2.18. The van der Waals surface area contributed by atoms with E-state index < -0.39 is 0 Å². The molecule has 0 saturated carbocycles. The maximum atomic E-state index is 5.50. The van der Waals surface area contributed by atoms with Crippen molar-refractivity contribution in [3.05, 3.63) is 12.0 Å². The molecule has 0 atom stereocenters. The van der Waals surface area contributed by atoms with Crippen LogP contribution in [0.2, 0.25) is 0 Å². The molecule has 3 nitrogen and oxygen atoms in total. The van der Waals surface area contributed by atoms with Gasteiger partial charge < -0.3 is 9.73 Å². The van der Waals surface area contributed by atoms with Crippen LogP contribution in [0.4, 0.5) is 6.01 Å². The molecule has 0 aliphatic carbocycles. The molecule has 0 aromatic carbocycles. The number of rotatable bonds is 2. The number of hydrogen-bond donors (Lipinski definition) is 1. The Balaban J connectivity index is 2.70. The highest BCUT2D eigenvalue weighted by atomic mass is 16.4. The SMILES string of the molecule is CC(C)c1cnc(NC(C)(C)C)o1. The first kappa shape index (κ1) is 10.1. The molecule has 1 aromatic heterocycles. The molecule has 0 bridgehead atoms. The number of oxazole rings is 1. The zero-order valence-electron chi connectivity index (χ0n) is 9.01. The van der Waals surface area contributed by atoms with Crippen molar-refractivity contribution in [3.8, 4) is 0 Å². The molecule has 13 heavy (non-hydrogen) atoms. The lowest BCUT2D eigenvalue weighted by Crippen LogP contribution is -2.26. The van der Waals surface area contributed by atoms with Crippen LogP contribution >= 0.6 is 0 Å². The summed E-state index contributed by atoms with van der Waals surface area (Å²) in [6.07, 6.45) is 1.78. The molecule has 0 radical (unpaired) electrons. The maximum absolute atomic E-state index is 5.50. The molecule has 74 valence electrons. The molecule has 3 heteroatoms. The minimum atomic E-state index is -0.000890. The minimum absolute atomic E-state index is 0.000890. The highest BCUT2D eigenvalue weighted by Gasteiger charge is 2.14. The molecule has 0 fully saturated rings. The molecule has 1 aromatic rings. The first-order chi connectivity index (χ1) is 5.88. The van der Waals surface area contributed by atoms with E-state index in [1.165, 1.54) is 0 Å². The first-order valence-electron chi connectivity index (χ1n) is 4.62. The molecule has 1 rings (SSSR count). The molecule has 0 unspecified atom stereocenters. The quantitative estimate of drug-likeness (QED) is 0.764. The summed E-state index contributed by atoms with van der Waals surface area (Å²) >= 11 is 0. The van der Waals surface area contributed by atoms with Crippen molar-refractivity contribution in [3.63, 3.8) is 0 Å². The molecular formula is C10H18N2O. The van der Waals surface area contributed by atoms with Gasteiger partial charge in [-0.3, -0.25) is 0 Å². The van der Waals surface area contributed by atoms with Crippen LogP contribution in [-0.2, 0) is 0 Å². The molecule has 0 aliphatic heterocycles. The Bertz CT molecular complexity index is 271. The Morgan fingerprint density at radius 2 is 2.00 bits per heavy atom. The van der Waals surface area contributed by atoms with Crippen molar-refractivity contribution in [2.75, 3.05) is 5.32 Å². The molecule has 0 aliphatic rings. The van der Waals surface area contributed by atoms with Gasteiger partial charge in [0.1, 0.15) is 5.76 Å². The molecule has 1 heterocycles. The zero-order chi connectivity index (χ0) is 10.1. The summed E-state index contributed by atoms with van der Waals surface area (Å²) in [5.74, 6) is 1.31. The van der Waals surface area contributed by atoms with Gasteiger partial charge in [-0.1, -0.05) is 13.8 Å². The van der Waals surface area contributed by atoms with Gasteiger partial charge in [-0.05, 0) is 20.8 Å². The van der Waals surface area contributed by atoms with Gasteiger partial charge in [0.15, 0.2) is 0 Å². The van der Waals surface area contributed by atoms with Crippen LogP contribution in [-0.4, -0.2) is 10.5 Å². The maximum Gasteiger partial charge on any atom is 0.295 e. The van der Waals surface area contributed by atoms with Gasteiger partial charge in [-0.25, -0.2) is 4.98 Å². The first-order valence-corrected chi connectivity index (χ1v) is 4.62. The summed E-state index contributed by atoms with van der Waals surface area (Å²) in [6, 6.07) is 0.608. The Kier molecular flexibility index (Phi) is 2.64. The van der Waals surface area contributed by atoms with Crippen LogP contribution < -0.4 is 5.32 Å². The van der Waals surface area contributed by atoms with Crippen LogP contribution in [0, 0.1) is 0 Å². The largest absolute Gasteiger partial charge is 0.429 e. The van der Waals surface area contributed by atoms with E-state index in [0.717, 1.165) is 5.76 Å². The second kappa shape index (κ2) is 3.40. The van der Waals surface area contributed by atoms with E-state index in [2.05, 4.69) is 44.9 Å². The molecule has 0 amide bonds. The van der Waals surface area contributed by atoms with Gasteiger partial charge in [0.25, 0.3) is 6.01 Å². The predicted octanol–water partition coefficient (Wildman–Crippen LogP) is 3.01. The van der Waals surface area contributed by atoms with E-state index in [4.69, 9.17) is 4.42 Å². The monoisotopic (exact) mass is 182 g/mol. The molecule has 0 saturated heterocycles. The summed E-state index contributed by atoms with van der Waals surface area (Å²) in [4.78, 5) is 4.15. The molecule has 0 spiro atoms.